The Balaban J connectivity index is 1.33. The van der Waals surface area contributed by atoms with Crippen LogP contribution < -0.4 is 10.2 Å². The second kappa shape index (κ2) is 8.27. The van der Waals surface area contributed by atoms with Crippen molar-refractivity contribution < 1.29 is 0 Å². The number of aromatic nitrogens is 6. The van der Waals surface area contributed by atoms with Crippen LogP contribution in [0, 0.1) is 0 Å². The van der Waals surface area contributed by atoms with Crippen LogP contribution >= 0.6 is 22.7 Å². The van der Waals surface area contributed by atoms with Crippen LogP contribution in [0.25, 0.3) is 10.2 Å². The van der Waals surface area contributed by atoms with E-state index in [-0.39, 0.29) is 0 Å². The number of nitrogens with one attached hydrogen (secondary N) is 1. The van der Waals surface area contributed by atoms with E-state index < -0.39 is 0 Å². The van der Waals surface area contributed by atoms with Gasteiger partial charge in [0.25, 0.3) is 0 Å². The molecule has 0 atom stereocenters. The predicted molar refractivity (Wildman–Crippen MR) is 121 cm³/mol. The summed E-state index contributed by atoms with van der Waals surface area (Å²) in [5.41, 5.74) is 2.27. The molecule has 0 unspecified atom stereocenters. The highest BCUT2D eigenvalue weighted by atomic mass is 32.1. The van der Waals surface area contributed by atoms with Crippen molar-refractivity contribution in [3.05, 3.63) is 39.2 Å². The summed E-state index contributed by atoms with van der Waals surface area (Å²) in [6.07, 6.45) is 7.30. The van der Waals surface area contributed by atoms with Crippen molar-refractivity contribution >= 4 is 44.7 Å². The van der Waals surface area contributed by atoms with E-state index in [1.54, 1.807) is 22.3 Å². The number of fused-ring (bicyclic) bond motifs is 2. The van der Waals surface area contributed by atoms with Gasteiger partial charge in [0.2, 0.25) is 5.95 Å². The number of nitrogens with zero attached hydrogens (tertiary/aromatic N) is 7. The predicted octanol–water partition coefficient (Wildman–Crippen LogP) is 3.45. The maximum Gasteiger partial charge on any atom is 0.228 e. The van der Waals surface area contributed by atoms with E-state index in [4.69, 9.17) is 15.0 Å². The van der Waals surface area contributed by atoms with Gasteiger partial charge in [-0.3, -0.25) is 4.68 Å². The van der Waals surface area contributed by atoms with Crippen molar-refractivity contribution in [2.45, 2.75) is 38.6 Å². The fraction of sp³-hybridized carbons (Fsp3) is 0.450. The van der Waals surface area contributed by atoms with Crippen molar-refractivity contribution in [2.24, 2.45) is 7.05 Å². The molecule has 0 aliphatic heterocycles. The summed E-state index contributed by atoms with van der Waals surface area (Å²) in [6.45, 7) is 1.45. The zero-order chi connectivity index (χ0) is 20.5. The monoisotopic (exact) mass is 440 g/mol. The second-order valence-corrected chi connectivity index (χ2v) is 9.64. The lowest BCUT2D eigenvalue weighted by atomic mass is 10.0. The molecule has 0 amide bonds. The molecular formula is C20H24N8S2. The molecule has 0 saturated carbocycles. The molecule has 0 radical (unpaired) electrons. The Morgan fingerprint density at radius 2 is 2.10 bits per heavy atom. The van der Waals surface area contributed by atoms with Crippen LogP contribution in [-0.4, -0.2) is 43.3 Å². The van der Waals surface area contributed by atoms with Gasteiger partial charge in [-0.2, -0.15) is 10.1 Å². The third-order valence-electron chi connectivity index (χ3n) is 5.18. The lowest BCUT2D eigenvalue weighted by molar-refractivity contribution is 0.680. The summed E-state index contributed by atoms with van der Waals surface area (Å²) < 4.78 is 2.80. The first-order valence-electron chi connectivity index (χ1n) is 10.2. The zero-order valence-electron chi connectivity index (χ0n) is 17.1. The number of hydrogen-bond donors (Lipinski definition) is 1. The highest BCUT2D eigenvalue weighted by molar-refractivity contribution is 7.17. The van der Waals surface area contributed by atoms with Crippen LogP contribution in [-0.2, 0) is 32.9 Å². The van der Waals surface area contributed by atoms with Crippen LogP contribution in [0.5, 0.6) is 0 Å². The Hall–Kier alpha value is -2.59. The van der Waals surface area contributed by atoms with Crippen LogP contribution in [0.3, 0.4) is 0 Å². The Labute approximate surface area is 183 Å². The first-order chi connectivity index (χ1) is 14.7. The average Bonchev–Trinajstić information content (AvgIpc) is 3.46. The van der Waals surface area contributed by atoms with E-state index in [0.29, 0.717) is 5.95 Å². The average molecular weight is 441 g/mol. The molecule has 0 aromatic carbocycles. The van der Waals surface area contributed by atoms with Gasteiger partial charge in [0, 0.05) is 31.9 Å². The van der Waals surface area contributed by atoms with Crippen molar-refractivity contribution in [2.75, 3.05) is 23.8 Å². The first kappa shape index (κ1) is 19.4. The van der Waals surface area contributed by atoms with Gasteiger partial charge >= 0.3 is 0 Å². The number of rotatable bonds is 7. The van der Waals surface area contributed by atoms with Gasteiger partial charge < -0.3 is 10.2 Å². The molecule has 30 heavy (non-hydrogen) atoms. The van der Waals surface area contributed by atoms with E-state index in [1.807, 2.05) is 31.5 Å². The highest BCUT2D eigenvalue weighted by Crippen LogP contribution is 2.30. The largest absolute Gasteiger partial charge is 0.368 e. The standard InChI is InChI=1S/C20H24N8S2/c1-27(11-17-23-13-5-3-4-6-15(13)30-17)20-24-14-8-10-29-18(14)19(25-20)21-9-7-16-22-12-28(2)26-16/h8,10,12H,3-7,9,11H2,1-2H3,(H,21,24,25). The van der Waals surface area contributed by atoms with E-state index in [2.05, 4.69) is 25.7 Å². The number of anilines is 2. The summed E-state index contributed by atoms with van der Waals surface area (Å²) >= 11 is 3.50. The molecule has 4 heterocycles. The molecule has 1 aliphatic rings. The van der Waals surface area contributed by atoms with Crippen LogP contribution in [0.1, 0.15) is 34.2 Å². The van der Waals surface area contributed by atoms with Gasteiger partial charge in [0.1, 0.15) is 17.2 Å². The third kappa shape index (κ3) is 4.01. The van der Waals surface area contributed by atoms with Crippen LogP contribution in [0.2, 0.25) is 0 Å². The van der Waals surface area contributed by atoms with Gasteiger partial charge in [-0.05, 0) is 37.1 Å². The van der Waals surface area contributed by atoms with Crippen LogP contribution in [0.4, 0.5) is 11.8 Å². The lowest BCUT2D eigenvalue weighted by Crippen LogP contribution is -2.20. The van der Waals surface area contributed by atoms with E-state index in [9.17, 15) is 0 Å². The zero-order valence-corrected chi connectivity index (χ0v) is 18.8. The summed E-state index contributed by atoms with van der Waals surface area (Å²) in [4.78, 5) is 22.3. The number of aryl methyl sites for hydroxylation is 3. The summed E-state index contributed by atoms with van der Waals surface area (Å²) in [7, 11) is 3.92. The van der Waals surface area contributed by atoms with Gasteiger partial charge in [-0.1, -0.05) is 0 Å². The molecule has 0 spiro atoms. The molecule has 0 saturated heterocycles. The van der Waals surface area contributed by atoms with Crippen molar-refractivity contribution in [1.82, 2.24) is 29.7 Å². The van der Waals surface area contributed by atoms with Crippen LogP contribution in [0.15, 0.2) is 17.8 Å². The molecule has 1 N–H and O–H groups in total. The summed E-state index contributed by atoms with van der Waals surface area (Å²) in [5.74, 6) is 2.41. The maximum absolute atomic E-state index is 4.87. The summed E-state index contributed by atoms with van der Waals surface area (Å²) in [6, 6.07) is 2.05. The number of thiazole rings is 1. The summed E-state index contributed by atoms with van der Waals surface area (Å²) in [5, 5.41) is 11.0. The minimum atomic E-state index is 0.715. The molecule has 8 nitrogen and oxygen atoms in total. The number of hydrogen-bond acceptors (Lipinski definition) is 9. The first-order valence-corrected chi connectivity index (χ1v) is 11.9. The van der Waals surface area contributed by atoms with Crippen molar-refractivity contribution in [1.29, 1.82) is 0 Å². The smallest absolute Gasteiger partial charge is 0.228 e. The number of thiophene rings is 1. The molecule has 4 aromatic heterocycles. The molecule has 10 heteroatoms. The molecule has 1 aliphatic carbocycles. The SMILES string of the molecule is CN(Cc1nc2c(s1)CCCC2)c1nc(NCCc2ncn(C)n2)c2sccc2n1. The minimum Gasteiger partial charge on any atom is -0.368 e. The van der Waals surface area contributed by atoms with E-state index in [1.165, 1.54) is 29.8 Å². The van der Waals surface area contributed by atoms with Gasteiger partial charge in [0.15, 0.2) is 5.82 Å². The molecule has 0 fully saturated rings. The molecular weight excluding hydrogens is 416 g/mol. The Morgan fingerprint density at radius 3 is 2.93 bits per heavy atom. The Morgan fingerprint density at radius 1 is 1.20 bits per heavy atom. The second-order valence-electron chi connectivity index (χ2n) is 7.56. The fourth-order valence-electron chi connectivity index (χ4n) is 3.68. The fourth-order valence-corrected chi connectivity index (χ4v) is 5.69. The normalized spacial score (nSPS) is 13.5. The molecule has 4 aromatic rings. The van der Waals surface area contributed by atoms with Gasteiger partial charge in [-0.25, -0.2) is 15.0 Å². The topological polar surface area (TPSA) is 84.7 Å². The molecule has 156 valence electrons. The van der Waals surface area contributed by atoms with E-state index >= 15 is 0 Å². The van der Waals surface area contributed by atoms with E-state index in [0.717, 1.165) is 52.8 Å². The van der Waals surface area contributed by atoms with Gasteiger partial charge in [0.05, 0.1) is 22.5 Å². The molecule has 0 bridgehead atoms. The lowest BCUT2D eigenvalue weighted by Gasteiger charge is -2.17. The molecule has 5 rings (SSSR count). The Kier molecular flexibility index (Phi) is 5.34. The van der Waals surface area contributed by atoms with Crippen molar-refractivity contribution in [3.63, 3.8) is 0 Å². The third-order valence-corrected chi connectivity index (χ3v) is 7.24. The van der Waals surface area contributed by atoms with Gasteiger partial charge in [-0.15, -0.1) is 22.7 Å². The van der Waals surface area contributed by atoms with Crippen molar-refractivity contribution in [3.8, 4) is 0 Å². The highest BCUT2D eigenvalue weighted by Gasteiger charge is 2.18. The minimum absolute atomic E-state index is 0.715. The maximum atomic E-state index is 4.87. The Bertz CT molecular complexity index is 1140. The quantitative estimate of drug-likeness (QED) is 0.471.